The molecule has 4 nitrogen and oxygen atoms in total. The van der Waals surface area contributed by atoms with E-state index >= 15 is 0 Å². The molecule has 1 aromatic carbocycles. The third-order valence-corrected chi connectivity index (χ3v) is 6.60. The van der Waals surface area contributed by atoms with Crippen LogP contribution in [0.5, 0.6) is 5.75 Å². The van der Waals surface area contributed by atoms with Crippen molar-refractivity contribution in [3.05, 3.63) is 29.3 Å². The first kappa shape index (κ1) is 17.2. The molecule has 0 saturated heterocycles. The van der Waals surface area contributed by atoms with E-state index in [1.807, 2.05) is 13.8 Å². The average molecular weight is 363 g/mol. The molecule has 0 radical (unpaired) electrons. The van der Waals surface area contributed by atoms with E-state index < -0.39 is 5.60 Å². The van der Waals surface area contributed by atoms with Crippen LogP contribution < -0.4 is 15.8 Å². The van der Waals surface area contributed by atoms with E-state index in [1.54, 1.807) is 24.3 Å². The van der Waals surface area contributed by atoms with E-state index in [-0.39, 0.29) is 17.5 Å². The van der Waals surface area contributed by atoms with E-state index in [1.165, 1.54) is 19.3 Å². The quantitative estimate of drug-likeness (QED) is 0.861. The minimum atomic E-state index is -0.928. The molecule has 5 heteroatoms. The maximum absolute atomic E-state index is 12.9. The number of nitrogens with one attached hydrogen (secondary N) is 1. The summed E-state index contributed by atoms with van der Waals surface area (Å²) in [7, 11) is 0. The second-order valence-electron chi connectivity index (χ2n) is 8.90. The van der Waals surface area contributed by atoms with Gasteiger partial charge in [-0.1, -0.05) is 11.6 Å². The Balaban J connectivity index is 1.43. The fourth-order valence-electron chi connectivity index (χ4n) is 5.49. The molecule has 0 heterocycles. The summed E-state index contributed by atoms with van der Waals surface area (Å²) in [5.74, 6) is 2.40. The molecule has 4 aliphatic carbocycles. The van der Waals surface area contributed by atoms with Crippen LogP contribution in [-0.2, 0) is 4.79 Å². The number of halogens is 1. The number of hydrogen-bond acceptors (Lipinski definition) is 3. The van der Waals surface area contributed by atoms with E-state index in [0.29, 0.717) is 22.6 Å². The first-order valence-corrected chi connectivity index (χ1v) is 9.66. The fraction of sp³-hybridized carbons (Fsp3) is 0.650. The highest BCUT2D eigenvalue weighted by Crippen LogP contribution is 2.54. The Labute approximate surface area is 154 Å². The van der Waals surface area contributed by atoms with Crippen molar-refractivity contribution in [3.8, 4) is 5.75 Å². The van der Waals surface area contributed by atoms with Gasteiger partial charge in [0.15, 0.2) is 5.60 Å². The van der Waals surface area contributed by atoms with E-state index in [4.69, 9.17) is 22.1 Å². The van der Waals surface area contributed by atoms with Gasteiger partial charge in [-0.15, -0.1) is 0 Å². The lowest BCUT2D eigenvalue weighted by atomic mass is 9.51. The molecule has 4 saturated carbocycles. The molecule has 4 aliphatic rings. The number of hydrogen-bond donors (Lipinski definition) is 2. The summed E-state index contributed by atoms with van der Waals surface area (Å²) in [5, 5.41) is 3.96. The molecule has 25 heavy (non-hydrogen) atoms. The molecular weight excluding hydrogens is 336 g/mol. The van der Waals surface area contributed by atoms with Gasteiger partial charge in [-0.05, 0) is 88.0 Å². The van der Waals surface area contributed by atoms with Crippen LogP contribution in [0.1, 0.15) is 46.0 Å². The Kier molecular flexibility index (Phi) is 4.04. The molecule has 4 fully saturated rings. The van der Waals surface area contributed by atoms with Gasteiger partial charge in [0, 0.05) is 16.6 Å². The maximum atomic E-state index is 12.9. The largest absolute Gasteiger partial charge is 0.478 e. The van der Waals surface area contributed by atoms with Crippen LogP contribution in [0.15, 0.2) is 24.3 Å². The second kappa shape index (κ2) is 5.88. The zero-order valence-electron chi connectivity index (χ0n) is 14.9. The van der Waals surface area contributed by atoms with Crippen LogP contribution in [0.4, 0.5) is 0 Å². The molecule has 0 aromatic heterocycles. The molecule has 136 valence electrons. The highest BCUT2D eigenvalue weighted by Gasteiger charge is 2.54. The molecule has 0 spiro atoms. The third-order valence-electron chi connectivity index (χ3n) is 6.35. The topological polar surface area (TPSA) is 64.3 Å². The summed E-state index contributed by atoms with van der Waals surface area (Å²) >= 11 is 5.91. The first-order valence-electron chi connectivity index (χ1n) is 9.29. The Morgan fingerprint density at radius 1 is 1.20 bits per heavy atom. The molecular formula is C20H27ClN2O2. The monoisotopic (exact) mass is 362 g/mol. The summed E-state index contributed by atoms with van der Waals surface area (Å²) in [4.78, 5) is 12.9. The molecule has 1 amide bonds. The zero-order valence-corrected chi connectivity index (χ0v) is 15.7. The van der Waals surface area contributed by atoms with Crippen LogP contribution in [0.25, 0.3) is 0 Å². The minimum Gasteiger partial charge on any atom is -0.478 e. The molecule has 5 atom stereocenters. The Morgan fingerprint density at radius 2 is 1.80 bits per heavy atom. The van der Waals surface area contributed by atoms with Gasteiger partial charge in [0.1, 0.15) is 5.75 Å². The predicted octanol–water partition coefficient (Wildman–Crippen LogP) is 3.52. The zero-order chi connectivity index (χ0) is 17.8. The van der Waals surface area contributed by atoms with Crippen molar-refractivity contribution in [2.45, 2.75) is 63.1 Å². The van der Waals surface area contributed by atoms with Gasteiger partial charge in [-0.3, -0.25) is 4.79 Å². The fourth-order valence-corrected chi connectivity index (χ4v) is 5.62. The molecule has 3 N–H and O–H groups in total. The van der Waals surface area contributed by atoms with Crippen LogP contribution in [0.2, 0.25) is 5.02 Å². The van der Waals surface area contributed by atoms with Crippen molar-refractivity contribution < 1.29 is 9.53 Å². The number of ether oxygens (including phenoxy) is 1. The Hall–Kier alpha value is -1.26. The van der Waals surface area contributed by atoms with E-state index in [2.05, 4.69) is 5.32 Å². The van der Waals surface area contributed by atoms with Gasteiger partial charge in [0.25, 0.3) is 5.91 Å². The van der Waals surface area contributed by atoms with Gasteiger partial charge >= 0.3 is 0 Å². The van der Waals surface area contributed by atoms with Crippen LogP contribution in [0, 0.1) is 17.8 Å². The second-order valence-corrected chi connectivity index (χ2v) is 9.33. The Bertz CT molecular complexity index is 657. The highest BCUT2D eigenvalue weighted by molar-refractivity contribution is 6.30. The highest BCUT2D eigenvalue weighted by atomic mass is 35.5. The summed E-state index contributed by atoms with van der Waals surface area (Å²) in [6.45, 7) is 3.63. The third kappa shape index (κ3) is 3.26. The number of nitrogens with two attached hydrogens (primary N) is 1. The lowest BCUT2D eigenvalue weighted by Crippen LogP contribution is -2.66. The SMILES string of the molecule is CC(C)(Oc1ccc(Cl)cc1)C(=O)NC1[C@@H]2CC3C[C@H]1CC(N)(C3)C2. The van der Waals surface area contributed by atoms with E-state index in [9.17, 15) is 4.79 Å². The molecule has 5 rings (SSSR count). The van der Waals surface area contributed by atoms with Gasteiger partial charge < -0.3 is 15.8 Å². The Morgan fingerprint density at radius 3 is 2.36 bits per heavy atom. The van der Waals surface area contributed by atoms with Gasteiger partial charge in [-0.2, -0.15) is 0 Å². The van der Waals surface area contributed by atoms with Gasteiger partial charge in [-0.25, -0.2) is 0 Å². The molecule has 0 aliphatic heterocycles. The minimum absolute atomic E-state index is 0.0209. The summed E-state index contributed by atoms with van der Waals surface area (Å²) in [6.07, 6.45) is 5.68. The smallest absolute Gasteiger partial charge is 0.263 e. The van der Waals surface area contributed by atoms with Crippen LogP contribution in [-0.4, -0.2) is 23.1 Å². The van der Waals surface area contributed by atoms with Crippen molar-refractivity contribution in [3.63, 3.8) is 0 Å². The summed E-state index contributed by atoms with van der Waals surface area (Å²) in [5.41, 5.74) is 5.66. The van der Waals surface area contributed by atoms with Crippen molar-refractivity contribution in [2.75, 3.05) is 0 Å². The maximum Gasteiger partial charge on any atom is 0.263 e. The number of amides is 1. The van der Waals surface area contributed by atoms with Gasteiger partial charge in [0.2, 0.25) is 0 Å². The van der Waals surface area contributed by atoms with E-state index in [0.717, 1.165) is 18.8 Å². The standard InChI is InChI=1S/C20H27ClN2O2/c1-19(2,25-16-5-3-15(21)4-6-16)18(24)23-17-13-7-12-8-14(17)11-20(22,9-12)10-13/h3-6,12-14,17H,7-11,22H2,1-2H3,(H,23,24)/t12?,13-,14+,17?,20?. The van der Waals surface area contributed by atoms with Crippen molar-refractivity contribution >= 4 is 17.5 Å². The average Bonchev–Trinajstić information content (AvgIpc) is 2.51. The van der Waals surface area contributed by atoms with Crippen LogP contribution in [0.3, 0.4) is 0 Å². The summed E-state index contributed by atoms with van der Waals surface area (Å²) < 4.78 is 5.94. The van der Waals surface area contributed by atoms with Crippen molar-refractivity contribution in [1.82, 2.24) is 5.32 Å². The lowest BCUT2D eigenvalue weighted by Gasteiger charge is -2.59. The molecule has 4 bridgehead atoms. The summed E-state index contributed by atoms with van der Waals surface area (Å²) in [6, 6.07) is 7.36. The lowest BCUT2D eigenvalue weighted by molar-refractivity contribution is -0.138. The van der Waals surface area contributed by atoms with Crippen molar-refractivity contribution in [2.24, 2.45) is 23.5 Å². The first-order chi connectivity index (χ1) is 11.7. The molecule has 1 aromatic rings. The number of carbonyl (C=O) groups excluding carboxylic acids is 1. The number of benzene rings is 1. The number of carbonyl (C=O) groups is 1. The number of rotatable bonds is 4. The van der Waals surface area contributed by atoms with Gasteiger partial charge in [0.05, 0.1) is 0 Å². The van der Waals surface area contributed by atoms with Crippen molar-refractivity contribution in [1.29, 1.82) is 0 Å². The predicted molar refractivity (Wildman–Crippen MR) is 98.6 cm³/mol. The molecule has 3 unspecified atom stereocenters. The van der Waals surface area contributed by atoms with Crippen LogP contribution >= 0.6 is 11.6 Å². The normalized spacial score (nSPS) is 36.3.